The molecule has 2 heterocycles. The normalized spacial score (nSPS) is 22.7. The van der Waals surface area contributed by atoms with Crippen LogP contribution in [0.15, 0.2) is 41.3 Å². The highest BCUT2D eigenvalue weighted by Gasteiger charge is 2.39. The van der Waals surface area contributed by atoms with Gasteiger partial charge in [0.1, 0.15) is 6.61 Å². The number of alkyl halides is 2. The van der Waals surface area contributed by atoms with Gasteiger partial charge in [-0.05, 0) is 71.6 Å². The molecule has 0 aromatic heterocycles. The minimum absolute atomic E-state index is 0.132. The molecule has 3 unspecified atom stereocenters. The molecule has 0 bridgehead atoms. The van der Waals surface area contributed by atoms with E-state index in [-0.39, 0.29) is 30.1 Å². The first-order valence-corrected chi connectivity index (χ1v) is 13.8. The van der Waals surface area contributed by atoms with Gasteiger partial charge in [0, 0.05) is 19.1 Å². The number of piperidine rings is 1. The summed E-state index contributed by atoms with van der Waals surface area (Å²) in [5.41, 5.74) is 3.13. The fraction of sp³-hybridized carbons (Fsp3) is 0.556. The van der Waals surface area contributed by atoms with E-state index in [1.54, 1.807) is 7.11 Å². The van der Waals surface area contributed by atoms with Gasteiger partial charge in [-0.1, -0.05) is 32.9 Å². The summed E-state index contributed by atoms with van der Waals surface area (Å²) in [7, 11) is -3.05. The van der Waals surface area contributed by atoms with Crippen molar-refractivity contribution < 1.29 is 31.8 Å². The highest BCUT2D eigenvalue weighted by atomic mass is 32.2. The van der Waals surface area contributed by atoms with Gasteiger partial charge in [-0.25, -0.2) is 8.42 Å². The van der Waals surface area contributed by atoms with Gasteiger partial charge in [0.05, 0.1) is 18.1 Å². The zero-order valence-corrected chi connectivity index (χ0v) is 22.0. The molecule has 0 amide bonds. The predicted octanol–water partition coefficient (Wildman–Crippen LogP) is 4.99. The molecule has 9 heteroatoms. The average Bonchev–Trinajstić information content (AvgIpc) is 2.82. The SMILES string of the molecule is COc1cc2c(cc1OCc1ccc(S(=O)(=O)C(F)F)cc1)CCN1CC(CC(C)(C)C)C(O)CC21. The Morgan fingerprint density at radius 2 is 1.83 bits per heavy atom. The Balaban J connectivity index is 1.49. The Morgan fingerprint density at radius 3 is 2.44 bits per heavy atom. The van der Waals surface area contributed by atoms with Crippen molar-refractivity contribution in [3.63, 3.8) is 0 Å². The Bertz CT molecular complexity index is 1180. The van der Waals surface area contributed by atoms with E-state index in [1.807, 2.05) is 12.1 Å². The first-order valence-electron chi connectivity index (χ1n) is 12.3. The van der Waals surface area contributed by atoms with Crippen LogP contribution < -0.4 is 9.47 Å². The molecular weight excluding hydrogens is 488 g/mol. The summed E-state index contributed by atoms with van der Waals surface area (Å²) >= 11 is 0. The third kappa shape index (κ3) is 5.68. The van der Waals surface area contributed by atoms with Crippen molar-refractivity contribution in [2.24, 2.45) is 11.3 Å². The summed E-state index contributed by atoms with van der Waals surface area (Å²) in [6.45, 7) is 8.56. The molecule has 2 aromatic carbocycles. The summed E-state index contributed by atoms with van der Waals surface area (Å²) in [6.07, 6.45) is 2.18. The molecular formula is C27H35F2NO5S. The molecule has 0 saturated carbocycles. The average molecular weight is 524 g/mol. The molecule has 0 radical (unpaired) electrons. The third-order valence-corrected chi connectivity index (χ3v) is 8.53. The van der Waals surface area contributed by atoms with Crippen LogP contribution in [0.4, 0.5) is 8.78 Å². The van der Waals surface area contributed by atoms with Gasteiger partial charge < -0.3 is 14.6 Å². The summed E-state index contributed by atoms with van der Waals surface area (Å²) in [6, 6.07) is 9.38. The summed E-state index contributed by atoms with van der Waals surface area (Å²) < 4.78 is 60.4. The smallest absolute Gasteiger partial charge is 0.341 e. The van der Waals surface area contributed by atoms with Crippen LogP contribution in [0.1, 0.15) is 56.3 Å². The summed E-state index contributed by atoms with van der Waals surface area (Å²) in [5.74, 6) is -2.05. The second-order valence-electron chi connectivity index (χ2n) is 11.0. The van der Waals surface area contributed by atoms with Crippen LogP contribution in [-0.2, 0) is 22.9 Å². The molecule has 2 aliphatic heterocycles. The topological polar surface area (TPSA) is 76.1 Å². The molecule has 0 spiro atoms. The summed E-state index contributed by atoms with van der Waals surface area (Å²) in [5, 5.41) is 10.9. The number of fused-ring (bicyclic) bond motifs is 3. The van der Waals surface area contributed by atoms with Crippen molar-refractivity contribution in [1.82, 2.24) is 4.90 Å². The van der Waals surface area contributed by atoms with E-state index in [0.29, 0.717) is 23.5 Å². The van der Waals surface area contributed by atoms with Crippen LogP contribution >= 0.6 is 0 Å². The van der Waals surface area contributed by atoms with E-state index in [9.17, 15) is 22.3 Å². The third-order valence-electron chi connectivity index (χ3n) is 7.13. The fourth-order valence-electron chi connectivity index (χ4n) is 5.40. The second kappa shape index (κ2) is 10.3. The van der Waals surface area contributed by atoms with Crippen LogP contribution in [0.5, 0.6) is 11.5 Å². The zero-order valence-electron chi connectivity index (χ0n) is 21.2. The van der Waals surface area contributed by atoms with E-state index in [0.717, 1.165) is 37.1 Å². The minimum atomic E-state index is -4.62. The first kappa shape index (κ1) is 26.8. The molecule has 1 saturated heterocycles. The van der Waals surface area contributed by atoms with Crippen molar-refractivity contribution in [3.05, 3.63) is 53.1 Å². The van der Waals surface area contributed by atoms with Crippen LogP contribution in [0.3, 0.4) is 0 Å². The molecule has 0 aliphatic carbocycles. The number of ether oxygens (including phenoxy) is 2. The van der Waals surface area contributed by atoms with Crippen molar-refractivity contribution in [1.29, 1.82) is 0 Å². The lowest BCUT2D eigenvalue weighted by molar-refractivity contribution is -0.0259. The maximum Gasteiger partial charge on any atom is 0.341 e. The number of benzene rings is 2. The summed E-state index contributed by atoms with van der Waals surface area (Å²) in [4.78, 5) is 2.05. The lowest BCUT2D eigenvalue weighted by Crippen LogP contribution is -2.48. The largest absolute Gasteiger partial charge is 0.493 e. The minimum Gasteiger partial charge on any atom is -0.493 e. The number of hydrogen-bond donors (Lipinski definition) is 1. The lowest BCUT2D eigenvalue weighted by Gasteiger charge is -2.47. The number of sulfone groups is 1. The molecule has 198 valence electrons. The predicted molar refractivity (Wildman–Crippen MR) is 133 cm³/mol. The van der Waals surface area contributed by atoms with Crippen molar-refractivity contribution in [2.75, 3.05) is 20.2 Å². The van der Waals surface area contributed by atoms with Gasteiger partial charge in [0.15, 0.2) is 11.5 Å². The van der Waals surface area contributed by atoms with Crippen LogP contribution in [-0.4, -0.2) is 50.5 Å². The van der Waals surface area contributed by atoms with Crippen molar-refractivity contribution in [2.45, 2.75) is 69.4 Å². The number of halogens is 2. The molecule has 2 aliphatic rings. The van der Waals surface area contributed by atoms with Gasteiger partial charge in [0.25, 0.3) is 0 Å². The van der Waals surface area contributed by atoms with E-state index in [1.165, 1.54) is 24.3 Å². The number of rotatable bonds is 7. The molecule has 6 nitrogen and oxygen atoms in total. The molecule has 3 atom stereocenters. The van der Waals surface area contributed by atoms with Gasteiger partial charge in [0.2, 0.25) is 9.84 Å². The number of nitrogens with zero attached hydrogens (tertiary/aromatic N) is 1. The molecule has 4 rings (SSSR count). The monoisotopic (exact) mass is 523 g/mol. The lowest BCUT2D eigenvalue weighted by atomic mass is 9.75. The Kier molecular flexibility index (Phi) is 7.65. The maximum absolute atomic E-state index is 12.8. The maximum atomic E-state index is 12.8. The fourth-order valence-corrected chi connectivity index (χ4v) is 6.12. The van der Waals surface area contributed by atoms with E-state index >= 15 is 0 Å². The van der Waals surface area contributed by atoms with Crippen LogP contribution in [0.2, 0.25) is 0 Å². The Hall–Kier alpha value is -2.23. The van der Waals surface area contributed by atoms with E-state index < -0.39 is 20.5 Å². The standard InChI is InChI=1S/C27H35F2NO5S/c1-27(2,3)14-19-15-30-10-9-18-11-25(24(34-4)12-21(18)22(30)13-23(19)31)35-16-17-5-7-20(8-6-17)36(32,33)26(28)29/h5-8,11-12,19,22-23,26,31H,9-10,13-16H2,1-4H3. The highest BCUT2D eigenvalue weighted by Crippen LogP contribution is 2.44. The highest BCUT2D eigenvalue weighted by molar-refractivity contribution is 7.91. The molecule has 2 aromatic rings. The molecule has 36 heavy (non-hydrogen) atoms. The van der Waals surface area contributed by atoms with Crippen LogP contribution in [0.25, 0.3) is 0 Å². The number of hydrogen-bond acceptors (Lipinski definition) is 6. The Morgan fingerprint density at radius 1 is 1.14 bits per heavy atom. The van der Waals surface area contributed by atoms with Gasteiger partial charge in [-0.2, -0.15) is 8.78 Å². The van der Waals surface area contributed by atoms with Gasteiger partial charge in [-0.15, -0.1) is 0 Å². The first-order chi connectivity index (χ1) is 16.9. The van der Waals surface area contributed by atoms with Crippen molar-refractivity contribution in [3.8, 4) is 11.5 Å². The molecule has 1 fully saturated rings. The molecule has 1 N–H and O–H groups in total. The van der Waals surface area contributed by atoms with E-state index in [4.69, 9.17) is 9.47 Å². The van der Waals surface area contributed by atoms with Crippen molar-refractivity contribution >= 4 is 9.84 Å². The van der Waals surface area contributed by atoms with Gasteiger partial charge >= 0.3 is 5.76 Å². The van der Waals surface area contributed by atoms with E-state index in [2.05, 4.69) is 25.7 Å². The number of aliphatic hydroxyl groups excluding tert-OH is 1. The number of aliphatic hydroxyl groups is 1. The van der Waals surface area contributed by atoms with Crippen LogP contribution in [0, 0.1) is 11.3 Å². The second-order valence-corrected chi connectivity index (χ2v) is 12.9. The number of methoxy groups -OCH3 is 1. The quantitative estimate of drug-likeness (QED) is 0.551. The van der Waals surface area contributed by atoms with Gasteiger partial charge in [-0.3, -0.25) is 4.90 Å². The zero-order chi connectivity index (χ0) is 26.3. The Labute approximate surface area is 212 Å².